The molecule has 0 saturated heterocycles. The van der Waals surface area contributed by atoms with E-state index >= 15 is 0 Å². The van der Waals surface area contributed by atoms with Gasteiger partial charge in [-0.2, -0.15) is 22.9 Å². The van der Waals surface area contributed by atoms with Gasteiger partial charge < -0.3 is 4.57 Å². The largest absolute Gasteiger partial charge is 0.416 e. The number of aromatic nitrogens is 3. The van der Waals surface area contributed by atoms with Crippen LogP contribution in [0.25, 0.3) is 33.2 Å². The Kier molecular flexibility index (Phi) is 6.85. The summed E-state index contributed by atoms with van der Waals surface area (Å²) in [4.78, 5) is 28.8. The van der Waals surface area contributed by atoms with Crippen LogP contribution in [-0.4, -0.2) is 25.4 Å². The van der Waals surface area contributed by atoms with Crippen LogP contribution in [0.4, 0.5) is 18.9 Å². The van der Waals surface area contributed by atoms with Crippen LogP contribution >= 0.6 is 0 Å². The topological polar surface area (TPSA) is 95.3 Å². The SMILES string of the molecule is Cc1c(C=Nn2c(-c3cccc(C(F)(F)F)c3)nc3ccccc3c2=O)c2ccccc2n1Cc1ccc([N+](=O)[O-])cc1. The second-order valence-electron chi connectivity index (χ2n) is 9.92. The van der Waals surface area contributed by atoms with Gasteiger partial charge in [0.1, 0.15) is 0 Å². The summed E-state index contributed by atoms with van der Waals surface area (Å²) in [5.74, 6) is -0.0293. The van der Waals surface area contributed by atoms with E-state index in [9.17, 15) is 28.1 Å². The molecule has 0 spiro atoms. The van der Waals surface area contributed by atoms with Crippen molar-refractivity contribution in [2.24, 2.45) is 5.10 Å². The molecule has 0 saturated carbocycles. The Morgan fingerprint density at radius 2 is 1.63 bits per heavy atom. The molecule has 4 aromatic carbocycles. The number of nitro groups is 1. The van der Waals surface area contributed by atoms with Gasteiger partial charge in [-0.3, -0.25) is 14.9 Å². The number of fused-ring (bicyclic) bond motifs is 2. The van der Waals surface area contributed by atoms with Crippen LogP contribution in [0.2, 0.25) is 0 Å². The summed E-state index contributed by atoms with van der Waals surface area (Å²) in [5.41, 5.74) is 2.26. The highest BCUT2D eigenvalue weighted by atomic mass is 19.4. The van der Waals surface area contributed by atoms with Gasteiger partial charge in [0, 0.05) is 46.4 Å². The van der Waals surface area contributed by atoms with E-state index in [4.69, 9.17) is 0 Å². The first-order chi connectivity index (χ1) is 20.6. The molecule has 8 nitrogen and oxygen atoms in total. The maximum Gasteiger partial charge on any atom is 0.416 e. The van der Waals surface area contributed by atoms with Crippen LogP contribution < -0.4 is 5.56 Å². The summed E-state index contributed by atoms with van der Waals surface area (Å²) in [7, 11) is 0. The zero-order valence-electron chi connectivity index (χ0n) is 22.6. The first-order valence-corrected chi connectivity index (χ1v) is 13.2. The van der Waals surface area contributed by atoms with Crippen LogP contribution in [0.3, 0.4) is 0 Å². The van der Waals surface area contributed by atoms with E-state index < -0.39 is 22.2 Å². The molecule has 0 radical (unpaired) electrons. The lowest BCUT2D eigenvalue weighted by molar-refractivity contribution is -0.384. The molecule has 0 amide bonds. The molecule has 6 aromatic rings. The fourth-order valence-electron chi connectivity index (χ4n) is 5.10. The standard InChI is InChI=1S/C32H22F3N5O3/c1-20-27(25-9-3-5-12-29(25)38(20)19-21-13-15-24(16-14-21)40(42)43)18-36-39-30(22-7-6-8-23(17-22)32(33,34)35)37-28-11-4-2-10-26(28)31(39)41/h2-18H,19H2,1H3. The van der Waals surface area contributed by atoms with Crippen molar-refractivity contribution < 1.29 is 18.1 Å². The summed E-state index contributed by atoms with van der Waals surface area (Å²) >= 11 is 0. The molecular weight excluding hydrogens is 559 g/mol. The van der Waals surface area contributed by atoms with Gasteiger partial charge in [-0.1, -0.05) is 54.6 Å². The van der Waals surface area contributed by atoms with Crippen LogP contribution in [0, 0.1) is 17.0 Å². The van der Waals surface area contributed by atoms with E-state index in [0.29, 0.717) is 17.6 Å². The normalized spacial score (nSPS) is 12.0. The van der Waals surface area contributed by atoms with Crippen molar-refractivity contribution in [2.45, 2.75) is 19.6 Å². The van der Waals surface area contributed by atoms with Crippen LogP contribution in [0.5, 0.6) is 0 Å². The quantitative estimate of drug-likeness (QED) is 0.118. The maximum atomic E-state index is 13.6. The van der Waals surface area contributed by atoms with Crippen molar-refractivity contribution >= 4 is 33.7 Å². The Hall–Kier alpha value is -5.58. The van der Waals surface area contributed by atoms with Crippen molar-refractivity contribution in [3.8, 4) is 11.4 Å². The monoisotopic (exact) mass is 581 g/mol. The molecule has 0 fully saturated rings. The minimum atomic E-state index is -4.58. The van der Waals surface area contributed by atoms with E-state index in [1.165, 1.54) is 30.5 Å². The van der Waals surface area contributed by atoms with E-state index in [1.807, 2.05) is 35.8 Å². The van der Waals surface area contributed by atoms with Gasteiger partial charge in [0.15, 0.2) is 5.82 Å². The van der Waals surface area contributed by atoms with Crippen molar-refractivity contribution in [3.63, 3.8) is 0 Å². The number of hydrogen-bond acceptors (Lipinski definition) is 5. The summed E-state index contributed by atoms with van der Waals surface area (Å²) < 4.78 is 43.7. The molecule has 0 aliphatic rings. The van der Waals surface area contributed by atoms with Gasteiger partial charge in [-0.25, -0.2) is 4.98 Å². The molecule has 0 atom stereocenters. The van der Waals surface area contributed by atoms with Gasteiger partial charge >= 0.3 is 6.18 Å². The van der Waals surface area contributed by atoms with Crippen LogP contribution in [-0.2, 0) is 12.7 Å². The minimum absolute atomic E-state index is 0.00308. The van der Waals surface area contributed by atoms with E-state index in [2.05, 4.69) is 10.1 Å². The van der Waals surface area contributed by atoms with Gasteiger partial charge in [0.2, 0.25) is 0 Å². The lowest BCUT2D eigenvalue weighted by Gasteiger charge is -2.12. The number of para-hydroxylation sites is 2. The Morgan fingerprint density at radius 1 is 0.930 bits per heavy atom. The van der Waals surface area contributed by atoms with E-state index in [-0.39, 0.29) is 22.5 Å². The zero-order valence-corrected chi connectivity index (χ0v) is 22.6. The third-order valence-electron chi connectivity index (χ3n) is 7.27. The molecule has 43 heavy (non-hydrogen) atoms. The zero-order chi connectivity index (χ0) is 30.3. The molecule has 0 aliphatic carbocycles. The third-order valence-corrected chi connectivity index (χ3v) is 7.27. The van der Waals surface area contributed by atoms with E-state index in [1.54, 1.807) is 36.4 Å². The van der Waals surface area contributed by atoms with Gasteiger partial charge in [-0.15, -0.1) is 0 Å². The fourth-order valence-corrected chi connectivity index (χ4v) is 5.10. The summed E-state index contributed by atoms with van der Waals surface area (Å²) in [5, 5.41) is 16.7. The van der Waals surface area contributed by atoms with Crippen molar-refractivity contribution in [1.29, 1.82) is 0 Å². The molecular formula is C32H22F3N5O3. The van der Waals surface area contributed by atoms with Crippen LogP contribution in [0.15, 0.2) is 107 Å². The second-order valence-corrected chi connectivity index (χ2v) is 9.92. The van der Waals surface area contributed by atoms with Gasteiger partial charge in [0.05, 0.1) is 27.6 Å². The summed E-state index contributed by atoms with van der Waals surface area (Å²) in [6.07, 6.45) is -3.07. The Balaban J connectivity index is 1.49. The van der Waals surface area contributed by atoms with Crippen molar-refractivity contribution in [2.75, 3.05) is 0 Å². The molecule has 0 bridgehead atoms. The molecule has 2 aromatic heterocycles. The molecule has 6 rings (SSSR count). The Bertz CT molecular complexity index is 2110. The van der Waals surface area contributed by atoms with Crippen LogP contribution in [0.1, 0.15) is 22.4 Å². The lowest BCUT2D eigenvalue weighted by atomic mass is 10.1. The predicted octanol–water partition coefficient (Wildman–Crippen LogP) is 7.18. The predicted molar refractivity (Wildman–Crippen MR) is 158 cm³/mol. The molecule has 0 aliphatic heterocycles. The smallest absolute Gasteiger partial charge is 0.340 e. The summed E-state index contributed by atoms with van der Waals surface area (Å²) in [6.45, 7) is 2.31. The minimum Gasteiger partial charge on any atom is -0.340 e. The van der Waals surface area contributed by atoms with E-state index in [0.717, 1.165) is 39.0 Å². The van der Waals surface area contributed by atoms with Crippen molar-refractivity contribution in [3.05, 3.63) is 140 Å². The number of rotatable bonds is 6. The number of halogens is 3. The van der Waals surface area contributed by atoms with Gasteiger partial charge in [-0.05, 0) is 42.8 Å². The number of nitro benzene ring substituents is 1. The number of alkyl halides is 3. The number of nitrogens with zero attached hydrogens (tertiary/aromatic N) is 5. The first-order valence-electron chi connectivity index (χ1n) is 13.2. The summed E-state index contributed by atoms with van der Waals surface area (Å²) in [6, 6.07) is 25.1. The first kappa shape index (κ1) is 27.6. The molecule has 11 heteroatoms. The van der Waals surface area contributed by atoms with Gasteiger partial charge in [0.25, 0.3) is 11.2 Å². The molecule has 0 N–H and O–H groups in total. The Morgan fingerprint density at radius 3 is 2.35 bits per heavy atom. The average molecular weight is 582 g/mol. The molecule has 0 unspecified atom stereocenters. The lowest BCUT2D eigenvalue weighted by Crippen LogP contribution is -2.20. The number of benzene rings is 4. The van der Waals surface area contributed by atoms with Crippen molar-refractivity contribution in [1.82, 2.24) is 14.2 Å². The highest BCUT2D eigenvalue weighted by Gasteiger charge is 2.31. The molecule has 2 heterocycles. The highest BCUT2D eigenvalue weighted by Crippen LogP contribution is 2.32. The second kappa shape index (κ2) is 10.7. The number of hydrogen-bond donors (Lipinski definition) is 0. The number of non-ortho nitro benzene ring substituents is 1. The molecule has 214 valence electrons. The fraction of sp³-hybridized carbons (Fsp3) is 0.0938. The maximum absolute atomic E-state index is 13.6. The third kappa shape index (κ3) is 5.16. The highest BCUT2D eigenvalue weighted by molar-refractivity contribution is 6.01. The average Bonchev–Trinajstić information content (AvgIpc) is 3.26. The Labute approximate surface area is 242 Å².